The molecule has 1 rings (SSSR count). The number of hydrogen-bond acceptors (Lipinski definition) is 3. The third kappa shape index (κ3) is 2.59. The van der Waals surface area contributed by atoms with Crippen molar-refractivity contribution in [2.75, 3.05) is 12.3 Å². The van der Waals surface area contributed by atoms with Crippen molar-refractivity contribution in [2.24, 2.45) is 5.73 Å². The Labute approximate surface area is 82.3 Å². The minimum absolute atomic E-state index is 0.0574. The molecule has 0 radical (unpaired) electrons. The normalized spacial score (nSPS) is 12.8. The van der Waals surface area contributed by atoms with Crippen LogP contribution in [0.15, 0.2) is 18.2 Å². The maximum atomic E-state index is 8.70. The first kappa shape index (κ1) is 10.3. The van der Waals surface area contributed by atoms with Crippen molar-refractivity contribution in [1.29, 1.82) is 0 Å². The van der Waals surface area contributed by atoms with Gasteiger partial charge in [0.1, 0.15) is 0 Å². The smallest absolute Gasteiger partial charge is 0.0474 e. The number of benzene rings is 1. The van der Waals surface area contributed by atoms with Crippen LogP contribution in [0.25, 0.3) is 0 Å². The zero-order chi connectivity index (χ0) is 9.84. The first-order chi connectivity index (χ1) is 6.15. The molecule has 3 nitrogen and oxygen atoms in total. The molecule has 0 aromatic heterocycles. The van der Waals surface area contributed by atoms with E-state index in [2.05, 4.69) is 0 Å². The molecule has 0 aliphatic carbocycles. The molecule has 4 heteroatoms. The van der Waals surface area contributed by atoms with E-state index in [4.69, 9.17) is 28.2 Å². The molecule has 0 saturated heterocycles. The Morgan fingerprint density at radius 1 is 1.46 bits per heavy atom. The third-order valence-corrected chi connectivity index (χ3v) is 2.19. The van der Waals surface area contributed by atoms with Crippen LogP contribution in [0, 0.1) is 0 Å². The highest BCUT2D eigenvalue weighted by Crippen LogP contribution is 2.25. The van der Waals surface area contributed by atoms with Gasteiger partial charge in [0.25, 0.3) is 0 Å². The number of hydrogen-bond donors (Lipinski definition) is 3. The largest absolute Gasteiger partial charge is 0.399 e. The molecule has 0 aliphatic rings. The molecule has 5 N–H and O–H groups in total. The van der Waals surface area contributed by atoms with Gasteiger partial charge in [-0.1, -0.05) is 17.7 Å². The Hall–Kier alpha value is -0.770. The second-order valence-corrected chi connectivity index (χ2v) is 3.31. The van der Waals surface area contributed by atoms with Crippen molar-refractivity contribution in [2.45, 2.75) is 12.5 Å². The Morgan fingerprint density at radius 2 is 2.15 bits per heavy atom. The predicted molar refractivity (Wildman–Crippen MR) is 54.5 cm³/mol. The van der Waals surface area contributed by atoms with E-state index in [1.54, 1.807) is 18.2 Å². The number of anilines is 1. The molecule has 1 aromatic carbocycles. The summed E-state index contributed by atoms with van der Waals surface area (Å²) in [6, 6.07) is 4.97. The first-order valence-corrected chi connectivity index (χ1v) is 4.44. The molecular weight excluding hydrogens is 188 g/mol. The predicted octanol–water partition coefficient (Wildman–Crippen LogP) is 1.30. The summed E-state index contributed by atoms with van der Waals surface area (Å²) in [6.07, 6.45) is 0.504. The summed E-state index contributed by atoms with van der Waals surface area (Å²) >= 11 is 5.92. The minimum atomic E-state index is -0.224. The highest BCUT2D eigenvalue weighted by molar-refractivity contribution is 6.31. The molecule has 0 fully saturated rings. The molecule has 13 heavy (non-hydrogen) atoms. The summed E-state index contributed by atoms with van der Waals surface area (Å²) in [6.45, 7) is 0.0574. The van der Waals surface area contributed by atoms with Gasteiger partial charge in [-0.3, -0.25) is 0 Å². The molecule has 72 valence electrons. The lowest BCUT2D eigenvalue weighted by atomic mass is 10.0. The van der Waals surface area contributed by atoms with Crippen molar-refractivity contribution in [1.82, 2.24) is 0 Å². The summed E-state index contributed by atoms with van der Waals surface area (Å²) in [5, 5.41) is 9.25. The quantitative estimate of drug-likeness (QED) is 0.645. The van der Waals surface area contributed by atoms with Crippen LogP contribution in [0.3, 0.4) is 0 Å². The fraction of sp³-hybridized carbons (Fsp3) is 0.333. The Bertz CT molecular complexity index is 291. The summed E-state index contributed by atoms with van der Waals surface area (Å²) in [7, 11) is 0. The molecule has 0 unspecified atom stereocenters. The van der Waals surface area contributed by atoms with Gasteiger partial charge >= 0.3 is 0 Å². The minimum Gasteiger partial charge on any atom is -0.399 e. The van der Waals surface area contributed by atoms with Crippen molar-refractivity contribution in [3.05, 3.63) is 28.8 Å². The zero-order valence-electron chi connectivity index (χ0n) is 7.20. The van der Waals surface area contributed by atoms with Gasteiger partial charge in [-0.15, -0.1) is 0 Å². The van der Waals surface area contributed by atoms with Crippen LogP contribution in [0.4, 0.5) is 5.69 Å². The number of rotatable bonds is 3. The molecule has 0 saturated carbocycles. The van der Waals surface area contributed by atoms with Crippen molar-refractivity contribution < 1.29 is 5.11 Å². The van der Waals surface area contributed by atoms with Gasteiger partial charge in [0, 0.05) is 23.4 Å². The molecule has 1 atom stereocenters. The second kappa shape index (κ2) is 4.46. The van der Waals surface area contributed by atoms with Crippen molar-refractivity contribution in [3.63, 3.8) is 0 Å². The third-order valence-electron chi connectivity index (χ3n) is 1.86. The number of aliphatic hydroxyl groups is 1. The van der Waals surface area contributed by atoms with Crippen LogP contribution in [0.1, 0.15) is 18.0 Å². The fourth-order valence-corrected chi connectivity index (χ4v) is 1.47. The molecule has 0 aliphatic heterocycles. The van der Waals surface area contributed by atoms with Crippen molar-refractivity contribution >= 4 is 17.3 Å². The van der Waals surface area contributed by atoms with Gasteiger partial charge in [-0.25, -0.2) is 0 Å². The lowest BCUT2D eigenvalue weighted by Gasteiger charge is -2.12. The number of nitrogen functional groups attached to an aromatic ring is 1. The summed E-state index contributed by atoms with van der Waals surface area (Å²) < 4.78 is 0. The van der Waals surface area contributed by atoms with Crippen LogP contribution in [0.2, 0.25) is 5.02 Å². The standard InChI is InChI=1S/C9H13ClN2O/c10-8-5-6(11)1-2-7(8)9(12)3-4-13/h1-2,5,9,13H,3-4,11-12H2/t9-/m0/s1. The molecule has 1 aromatic rings. The van der Waals surface area contributed by atoms with Crippen LogP contribution in [-0.4, -0.2) is 11.7 Å². The zero-order valence-corrected chi connectivity index (χ0v) is 7.96. The average molecular weight is 201 g/mol. The average Bonchev–Trinajstić information content (AvgIpc) is 2.04. The van der Waals surface area contributed by atoms with E-state index >= 15 is 0 Å². The highest BCUT2D eigenvalue weighted by Gasteiger charge is 2.09. The maximum absolute atomic E-state index is 8.70. The summed E-state index contributed by atoms with van der Waals surface area (Å²) in [5.41, 5.74) is 12.7. The van der Waals surface area contributed by atoms with E-state index < -0.39 is 0 Å². The molecular formula is C9H13ClN2O. The highest BCUT2D eigenvalue weighted by atomic mass is 35.5. The van der Waals surface area contributed by atoms with E-state index in [1.165, 1.54) is 0 Å². The lowest BCUT2D eigenvalue weighted by molar-refractivity contribution is 0.276. The van der Waals surface area contributed by atoms with E-state index in [-0.39, 0.29) is 12.6 Å². The Balaban J connectivity index is 2.88. The van der Waals surface area contributed by atoms with Gasteiger partial charge < -0.3 is 16.6 Å². The van der Waals surface area contributed by atoms with Gasteiger partial charge in [0.15, 0.2) is 0 Å². The van der Waals surface area contributed by atoms with Crippen LogP contribution in [-0.2, 0) is 0 Å². The summed E-state index contributed by atoms with van der Waals surface area (Å²) in [4.78, 5) is 0. The summed E-state index contributed by atoms with van der Waals surface area (Å²) in [5.74, 6) is 0. The topological polar surface area (TPSA) is 72.3 Å². The van der Waals surface area contributed by atoms with Gasteiger partial charge in [0.05, 0.1) is 0 Å². The first-order valence-electron chi connectivity index (χ1n) is 4.06. The maximum Gasteiger partial charge on any atom is 0.0474 e. The van der Waals surface area contributed by atoms with E-state index in [0.717, 1.165) is 5.56 Å². The van der Waals surface area contributed by atoms with Gasteiger partial charge in [-0.05, 0) is 24.1 Å². The molecule has 0 heterocycles. The van der Waals surface area contributed by atoms with E-state index in [9.17, 15) is 0 Å². The number of halogens is 1. The lowest BCUT2D eigenvalue weighted by Crippen LogP contribution is -2.12. The number of aliphatic hydroxyl groups excluding tert-OH is 1. The van der Waals surface area contributed by atoms with Crippen molar-refractivity contribution in [3.8, 4) is 0 Å². The SMILES string of the molecule is Nc1ccc([C@@H](N)CCO)c(Cl)c1. The monoisotopic (exact) mass is 200 g/mol. The fourth-order valence-electron chi connectivity index (χ4n) is 1.14. The Kier molecular flexibility index (Phi) is 3.54. The van der Waals surface area contributed by atoms with Crippen LogP contribution in [0.5, 0.6) is 0 Å². The molecule has 0 spiro atoms. The van der Waals surface area contributed by atoms with E-state index in [0.29, 0.717) is 17.1 Å². The molecule has 0 bridgehead atoms. The van der Waals surface area contributed by atoms with Gasteiger partial charge in [-0.2, -0.15) is 0 Å². The Morgan fingerprint density at radius 3 is 2.69 bits per heavy atom. The van der Waals surface area contributed by atoms with Gasteiger partial charge in [0.2, 0.25) is 0 Å². The second-order valence-electron chi connectivity index (χ2n) is 2.90. The van der Waals surface area contributed by atoms with Crippen LogP contribution < -0.4 is 11.5 Å². The molecule has 0 amide bonds. The van der Waals surface area contributed by atoms with Crippen LogP contribution >= 0.6 is 11.6 Å². The number of nitrogens with two attached hydrogens (primary N) is 2. The van der Waals surface area contributed by atoms with E-state index in [1.807, 2.05) is 0 Å².